The third-order valence-electron chi connectivity index (χ3n) is 2.47. The zero-order valence-electron chi connectivity index (χ0n) is 9.07. The van der Waals surface area contributed by atoms with E-state index in [1.165, 1.54) is 12.1 Å². The molecule has 3 nitrogen and oxygen atoms in total. The number of para-hydroxylation sites is 1. The molecule has 0 bridgehead atoms. The fraction of sp³-hybridized carbons (Fsp3) is 0.250. The zero-order chi connectivity index (χ0) is 11.7. The lowest BCUT2D eigenvalue weighted by atomic mass is 10.2. The summed E-state index contributed by atoms with van der Waals surface area (Å²) in [7, 11) is 0. The Morgan fingerprint density at radius 3 is 2.81 bits per heavy atom. The van der Waals surface area contributed by atoms with Crippen molar-refractivity contribution in [2.24, 2.45) is 4.99 Å². The molecule has 0 atom stereocenters. The summed E-state index contributed by atoms with van der Waals surface area (Å²) in [5, 5.41) is 0.739. The van der Waals surface area contributed by atoms with Crippen LogP contribution in [-0.4, -0.2) is 10.6 Å². The maximum atomic E-state index is 13.7. The molecule has 0 saturated carbocycles. The molecule has 1 aromatic heterocycles. The number of carbonyl (C=O) groups excluding carboxylic acids is 1. The molecule has 2 rings (SSSR count). The summed E-state index contributed by atoms with van der Waals surface area (Å²) >= 11 is 0. The topological polar surface area (TPSA) is 34.4 Å². The van der Waals surface area contributed by atoms with Crippen LogP contribution in [0.5, 0.6) is 0 Å². The number of hydrogen-bond acceptors (Lipinski definition) is 2. The maximum absolute atomic E-state index is 13.7. The summed E-state index contributed by atoms with van der Waals surface area (Å²) in [5.41, 5.74) is 0.478. The highest BCUT2D eigenvalue weighted by Crippen LogP contribution is 2.30. The van der Waals surface area contributed by atoms with Crippen LogP contribution >= 0.6 is 0 Å². The minimum absolute atomic E-state index is 0.0292. The van der Waals surface area contributed by atoms with Gasteiger partial charge in [-0.1, -0.05) is 12.1 Å². The molecule has 0 fully saturated rings. The molecule has 0 amide bonds. The first-order valence-corrected chi connectivity index (χ1v) is 5.02. The number of isocyanates is 1. The average molecular weight is 218 g/mol. The van der Waals surface area contributed by atoms with Crippen molar-refractivity contribution in [1.82, 2.24) is 4.57 Å². The second kappa shape index (κ2) is 3.91. The predicted molar refractivity (Wildman–Crippen MR) is 60.1 cm³/mol. The van der Waals surface area contributed by atoms with Crippen molar-refractivity contribution in [3.8, 4) is 0 Å². The van der Waals surface area contributed by atoms with Crippen molar-refractivity contribution in [1.29, 1.82) is 0 Å². The van der Waals surface area contributed by atoms with Gasteiger partial charge in [-0.15, -0.1) is 4.99 Å². The average Bonchev–Trinajstić information content (AvgIpc) is 2.58. The van der Waals surface area contributed by atoms with Crippen LogP contribution in [0, 0.1) is 5.82 Å². The molecular weight excluding hydrogens is 207 g/mol. The molecular formula is C12H11FN2O. The summed E-state index contributed by atoms with van der Waals surface area (Å²) in [6, 6.07) is 6.54. The normalized spacial score (nSPS) is 10.8. The fourth-order valence-corrected chi connectivity index (χ4v) is 1.88. The van der Waals surface area contributed by atoms with Gasteiger partial charge in [-0.2, -0.15) is 0 Å². The number of rotatable bonds is 2. The van der Waals surface area contributed by atoms with Gasteiger partial charge in [0, 0.05) is 11.4 Å². The molecule has 0 aliphatic rings. The third kappa shape index (κ3) is 1.53. The molecule has 0 aliphatic heterocycles. The van der Waals surface area contributed by atoms with E-state index in [-0.39, 0.29) is 11.9 Å². The Labute approximate surface area is 92.2 Å². The molecule has 16 heavy (non-hydrogen) atoms. The lowest BCUT2D eigenvalue weighted by Crippen LogP contribution is -2.00. The highest BCUT2D eigenvalue weighted by Gasteiger charge is 2.13. The lowest BCUT2D eigenvalue weighted by Gasteiger charge is -2.11. The molecule has 0 aliphatic carbocycles. The van der Waals surface area contributed by atoms with E-state index in [4.69, 9.17) is 0 Å². The van der Waals surface area contributed by atoms with Crippen molar-refractivity contribution < 1.29 is 9.18 Å². The Morgan fingerprint density at radius 1 is 1.44 bits per heavy atom. The van der Waals surface area contributed by atoms with Crippen LogP contribution in [0.3, 0.4) is 0 Å². The number of hydrogen-bond donors (Lipinski definition) is 0. The van der Waals surface area contributed by atoms with E-state index >= 15 is 0 Å². The molecule has 82 valence electrons. The van der Waals surface area contributed by atoms with E-state index in [0.717, 1.165) is 5.39 Å². The van der Waals surface area contributed by atoms with Crippen molar-refractivity contribution in [3.05, 3.63) is 30.1 Å². The molecule has 0 unspecified atom stereocenters. The summed E-state index contributed by atoms with van der Waals surface area (Å²) in [4.78, 5) is 13.9. The smallest absolute Gasteiger partial charge is 0.242 e. The number of aliphatic imine (C=N–C) groups is 1. The Hall–Kier alpha value is -1.93. The summed E-state index contributed by atoms with van der Waals surface area (Å²) in [6.07, 6.45) is 1.49. The van der Waals surface area contributed by atoms with E-state index in [2.05, 4.69) is 4.99 Å². The standard InChI is InChI=1S/C12H11FN2O/c1-8(2)15-11(14-7-16)6-9-4-3-5-10(13)12(9)15/h3-6,8H,1-2H3. The van der Waals surface area contributed by atoms with Crippen LogP contribution in [0.25, 0.3) is 10.9 Å². The minimum atomic E-state index is -0.307. The number of halogens is 1. The Bertz CT molecular complexity index is 580. The second-order valence-electron chi connectivity index (χ2n) is 3.85. The van der Waals surface area contributed by atoms with Crippen molar-refractivity contribution >= 4 is 22.8 Å². The highest BCUT2D eigenvalue weighted by molar-refractivity contribution is 5.85. The van der Waals surface area contributed by atoms with Gasteiger partial charge in [-0.25, -0.2) is 9.18 Å². The van der Waals surface area contributed by atoms with E-state index < -0.39 is 0 Å². The van der Waals surface area contributed by atoms with Crippen LogP contribution in [0.1, 0.15) is 19.9 Å². The van der Waals surface area contributed by atoms with Gasteiger partial charge < -0.3 is 4.57 Å². The van der Waals surface area contributed by atoms with Gasteiger partial charge in [0.1, 0.15) is 11.6 Å². The Kier molecular flexibility index (Phi) is 2.59. The van der Waals surface area contributed by atoms with Gasteiger partial charge in [0.15, 0.2) is 0 Å². The van der Waals surface area contributed by atoms with Gasteiger partial charge in [-0.3, -0.25) is 0 Å². The summed E-state index contributed by atoms with van der Waals surface area (Å²) < 4.78 is 15.4. The van der Waals surface area contributed by atoms with Crippen LogP contribution < -0.4 is 0 Å². The van der Waals surface area contributed by atoms with E-state index in [0.29, 0.717) is 11.3 Å². The monoisotopic (exact) mass is 218 g/mol. The van der Waals surface area contributed by atoms with Crippen LogP contribution in [0.4, 0.5) is 10.2 Å². The third-order valence-corrected chi connectivity index (χ3v) is 2.47. The summed E-state index contributed by atoms with van der Waals surface area (Å²) in [5.74, 6) is 0.128. The fourth-order valence-electron chi connectivity index (χ4n) is 1.88. The van der Waals surface area contributed by atoms with Gasteiger partial charge in [0.2, 0.25) is 6.08 Å². The molecule has 4 heteroatoms. The van der Waals surface area contributed by atoms with Crippen LogP contribution in [0.2, 0.25) is 0 Å². The predicted octanol–water partition coefficient (Wildman–Crippen LogP) is 3.33. The highest BCUT2D eigenvalue weighted by atomic mass is 19.1. The first-order valence-electron chi connectivity index (χ1n) is 5.02. The van der Waals surface area contributed by atoms with Crippen molar-refractivity contribution in [3.63, 3.8) is 0 Å². The Morgan fingerprint density at radius 2 is 2.19 bits per heavy atom. The van der Waals surface area contributed by atoms with Gasteiger partial charge in [0.05, 0.1) is 5.52 Å². The number of benzene rings is 1. The van der Waals surface area contributed by atoms with Gasteiger partial charge >= 0.3 is 0 Å². The van der Waals surface area contributed by atoms with E-state index in [1.54, 1.807) is 22.8 Å². The number of fused-ring (bicyclic) bond motifs is 1. The summed E-state index contributed by atoms with van der Waals surface area (Å²) in [6.45, 7) is 3.82. The quantitative estimate of drug-likeness (QED) is 0.562. The molecule has 0 radical (unpaired) electrons. The second-order valence-corrected chi connectivity index (χ2v) is 3.85. The van der Waals surface area contributed by atoms with Crippen molar-refractivity contribution in [2.75, 3.05) is 0 Å². The van der Waals surface area contributed by atoms with E-state index in [1.807, 2.05) is 13.8 Å². The van der Waals surface area contributed by atoms with Crippen LogP contribution in [0.15, 0.2) is 29.3 Å². The largest absolute Gasteiger partial charge is 0.320 e. The van der Waals surface area contributed by atoms with Gasteiger partial charge in [0.25, 0.3) is 0 Å². The molecule has 1 aromatic carbocycles. The molecule has 1 heterocycles. The van der Waals surface area contributed by atoms with Crippen LogP contribution in [-0.2, 0) is 4.79 Å². The number of aromatic nitrogens is 1. The Balaban J connectivity index is 2.87. The molecule has 0 spiro atoms. The molecule has 0 N–H and O–H groups in total. The van der Waals surface area contributed by atoms with Crippen molar-refractivity contribution in [2.45, 2.75) is 19.9 Å². The first kappa shape index (κ1) is 10.6. The molecule has 2 aromatic rings. The first-order chi connectivity index (χ1) is 7.65. The maximum Gasteiger partial charge on any atom is 0.242 e. The number of nitrogens with zero attached hydrogens (tertiary/aromatic N) is 2. The SMILES string of the molecule is CC(C)n1c(N=C=O)cc2cccc(F)c21. The minimum Gasteiger partial charge on any atom is -0.320 e. The molecule has 0 saturated heterocycles. The zero-order valence-corrected chi connectivity index (χ0v) is 9.07. The van der Waals surface area contributed by atoms with Gasteiger partial charge in [-0.05, 0) is 26.0 Å². The lowest BCUT2D eigenvalue weighted by molar-refractivity contribution is 0.562. The van der Waals surface area contributed by atoms with E-state index in [9.17, 15) is 9.18 Å².